The summed E-state index contributed by atoms with van der Waals surface area (Å²) in [5, 5.41) is 11.4. The molecule has 4 rings (SSSR count). The molecule has 1 unspecified atom stereocenters. The molecule has 1 saturated heterocycles. The predicted molar refractivity (Wildman–Crippen MR) is 109 cm³/mol. The molecule has 3 aromatic rings. The second-order valence-electron chi connectivity index (χ2n) is 7.53. The lowest BCUT2D eigenvalue weighted by Gasteiger charge is -2.35. The summed E-state index contributed by atoms with van der Waals surface area (Å²) in [4.78, 5) is 18.7. The summed E-state index contributed by atoms with van der Waals surface area (Å²) in [6.45, 7) is 2.43. The van der Waals surface area contributed by atoms with E-state index in [2.05, 4.69) is 31.6 Å². The van der Waals surface area contributed by atoms with Gasteiger partial charge in [0.05, 0.1) is 24.5 Å². The number of hydrogen-bond acceptors (Lipinski definition) is 5. The Kier molecular flexibility index (Phi) is 5.71. The number of likely N-dealkylation sites (tertiary alicyclic amines) is 1. The Morgan fingerprint density at radius 2 is 2.14 bits per heavy atom. The van der Waals surface area contributed by atoms with Gasteiger partial charge in [0, 0.05) is 38.7 Å². The fourth-order valence-electron chi connectivity index (χ4n) is 4.11. The Morgan fingerprint density at radius 3 is 2.93 bits per heavy atom. The number of nitrogens with one attached hydrogen (secondary N) is 1. The van der Waals surface area contributed by atoms with E-state index in [0.29, 0.717) is 12.2 Å². The van der Waals surface area contributed by atoms with Crippen LogP contribution >= 0.6 is 0 Å². The van der Waals surface area contributed by atoms with Crippen molar-refractivity contribution in [1.82, 2.24) is 34.8 Å². The third-order valence-electron chi connectivity index (χ3n) is 5.59. The number of aromatic nitrogens is 5. The molecule has 1 fully saturated rings. The summed E-state index contributed by atoms with van der Waals surface area (Å²) in [6, 6.07) is 8.22. The Labute approximate surface area is 170 Å². The zero-order valence-corrected chi connectivity index (χ0v) is 17.0. The molecule has 0 radical (unpaired) electrons. The number of piperidine rings is 1. The Balaban J connectivity index is 1.49. The molecule has 1 aliphatic heterocycles. The van der Waals surface area contributed by atoms with Gasteiger partial charge in [0.2, 0.25) is 0 Å². The van der Waals surface area contributed by atoms with Crippen LogP contribution in [0.2, 0.25) is 0 Å². The molecule has 8 heteroatoms. The fraction of sp³-hybridized carbons (Fsp3) is 0.429. The molecule has 0 saturated carbocycles. The van der Waals surface area contributed by atoms with E-state index in [1.807, 2.05) is 46.9 Å². The first-order valence-electron chi connectivity index (χ1n) is 10.1. The van der Waals surface area contributed by atoms with E-state index in [9.17, 15) is 4.79 Å². The maximum atomic E-state index is 12.1. The third-order valence-corrected chi connectivity index (χ3v) is 5.59. The number of amides is 1. The van der Waals surface area contributed by atoms with Crippen molar-refractivity contribution in [3.63, 3.8) is 0 Å². The molecule has 0 spiro atoms. The van der Waals surface area contributed by atoms with Crippen molar-refractivity contribution in [2.24, 2.45) is 7.05 Å². The van der Waals surface area contributed by atoms with Gasteiger partial charge in [-0.1, -0.05) is 17.7 Å². The van der Waals surface area contributed by atoms with Gasteiger partial charge in [-0.2, -0.15) is 0 Å². The van der Waals surface area contributed by atoms with Crippen molar-refractivity contribution < 1.29 is 4.79 Å². The van der Waals surface area contributed by atoms with E-state index < -0.39 is 0 Å². The minimum Gasteiger partial charge on any atom is -0.354 e. The molecule has 152 valence electrons. The predicted octanol–water partition coefficient (Wildman–Crippen LogP) is 2.15. The molecule has 8 nitrogen and oxygen atoms in total. The van der Waals surface area contributed by atoms with Crippen LogP contribution < -0.4 is 5.32 Å². The molecule has 1 amide bonds. The quantitative estimate of drug-likeness (QED) is 0.694. The van der Waals surface area contributed by atoms with Gasteiger partial charge in [0.25, 0.3) is 5.91 Å². The van der Waals surface area contributed by atoms with Gasteiger partial charge in [-0.25, -0.2) is 4.68 Å². The highest BCUT2D eigenvalue weighted by Gasteiger charge is 2.28. The smallest absolute Gasteiger partial charge is 0.267 e. The number of nitrogens with zero attached hydrogens (tertiary/aromatic N) is 6. The Bertz CT molecular complexity index is 963. The van der Waals surface area contributed by atoms with Crippen molar-refractivity contribution in [2.45, 2.75) is 38.4 Å². The summed E-state index contributed by atoms with van der Waals surface area (Å²) in [6.07, 6.45) is 9.07. The molecule has 3 aromatic heterocycles. The summed E-state index contributed by atoms with van der Waals surface area (Å²) in [5.41, 5.74) is 3.92. The van der Waals surface area contributed by atoms with E-state index in [1.54, 1.807) is 13.2 Å². The van der Waals surface area contributed by atoms with E-state index in [4.69, 9.17) is 0 Å². The van der Waals surface area contributed by atoms with Crippen LogP contribution in [-0.2, 0) is 20.1 Å². The second kappa shape index (κ2) is 8.57. The monoisotopic (exact) mass is 393 g/mol. The fourth-order valence-corrected chi connectivity index (χ4v) is 4.11. The average molecular weight is 393 g/mol. The number of pyridine rings is 1. The van der Waals surface area contributed by atoms with E-state index >= 15 is 0 Å². The van der Waals surface area contributed by atoms with Gasteiger partial charge in [-0.15, -0.1) is 5.10 Å². The highest BCUT2D eigenvalue weighted by atomic mass is 16.1. The lowest BCUT2D eigenvalue weighted by Crippen LogP contribution is -2.34. The van der Waals surface area contributed by atoms with Crippen LogP contribution in [0.15, 0.2) is 42.9 Å². The lowest BCUT2D eigenvalue weighted by atomic mass is 9.99. The summed E-state index contributed by atoms with van der Waals surface area (Å²) >= 11 is 0. The maximum absolute atomic E-state index is 12.1. The minimum absolute atomic E-state index is 0.0561. The van der Waals surface area contributed by atoms with E-state index in [1.165, 1.54) is 18.5 Å². The third kappa shape index (κ3) is 4.22. The number of carbonyl (C=O) groups excluding carboxylic acids is 1. The molecular formula is C21H27N7O. The van der Waals surface area contributed by atoms with Gasteiger partial charge >= 0.3 is 0 Å². The largest absolute Gasteiger partial charge is 0.354 e. The SMILES string of the molecule is CNC(=O)c1ccc(C2CCCCN2Cc2cn(Cc3cccnc3)nn2)n1C. The van der Waals surface area contributed by atoms with Gasteiger partial charge < -0.3 is 9.88 Å². The normalized spacial score (nSPS) is 17.4. The van der Waals surface area contributed by atoms with Crippen LogP contribution in [-0.4, -0.2) is 48.9 Å². The molecule has 1 atom stereocenters. The minimum atomic E-state index is -0.0561. The number of rotatable bonds is 6. The highest BCUT2D eigenvalue weighted by Crippen LogP contribution is 2.32. The lowest BCUT2D eigenvalue weighted by molar-refractivity contribution is 0.0952. The first-order valence-corrected chi connectivity index (χ1v) is 10.1. The molecule has 4 heterocycles. The molecule has 0 bridgehead atoms. The first-order chi connectivity index (χ1) is 14.2. The topological polar surface area (TPSA) is 80.9 Å². The summed E-state index contributed by atoms with van der Waals surface area (Å²) < 4.78 is 3.87. The van der Waals surface area contributed by atoms with Crippen molar-refractivity contribution in [1.29, 1.82) is 0 Å². The zero-order valence-electron chi connectivity index (χ0n) is 17.0. The number of hydrogen-bond donors (Lipinski definition) is 1. The summed E-state index contributed by atoms with van der Waals surface area (Å²) in [7, 11) is 3.63. The molecular weight excluding hydrogens is 366 g/mol. The van der Waals surface area contributed by atoms with Crippen LogP contribution in [0.4, 0.5) is 0 Å². The molecule has 0 aromatic carbocycles. The summed E-state index contributed by atoms with van der Waals surface area (Å²) in [5.74, 6) is -0.0561. The van der Waals surface area contributed by atoms with Gasteiger partial charge in [-0.05, 0) is 43.1 Å². The first kappa shape index (κ1) is 19.3. The van der Waals surface area contributed by atoms with Crippen LogP contribution in [0.1, 0.15) is 52.7 Å². The molecule has 29 heavy (non-hydrogen) atoms. The van der Waals surface area contributed by atoms with Crippen molar-refractivity contribution in [2.75, 3.05) is 13.6 Å². The average Bonchev–Trinajstić information content (AvgIpc) is 3.35. The Hall–Kier alpha value is -3.00. The van der Waals surface area contributed by atoms with Crippen molar-refractivity contribution in [3.05, 3.63) is 65.5 Å². The van der Waals surface area contributed by atoms with Crippen LogP contribution in [0.3, 0.4) is 0 Å². The van der Waals surface area contributed by atoms with Crippen molar-refractivity contribution in [3.8, 4) is 0 Å². The second-order valence-corrected chi connectivity index (χ2v) is 7.53. The molecule has 0 aliphatic carbocycles. The van der Waals surface area contributed by atoms with Gasteiger partial charge in [0.1, 0.15) is 5.69 Å². The standard InChI is InChI=1S/C21H27N7O/c1-22-21(29)20-9-8-18(26(20)2)19-7-3-4-11-27(19)14-17-15-28(25-24-17)13-16-6-5-10-23-12-16/h5-6,8-10,12,15,19H,3-4,7,11,13-14H2,1-2H3,(H,22,29). The number of carbonyl (C=O) groups is 1. The zero-order chi connectivity index (χ0) is 20.2. The Morgan fingerprint density at radius 1 is 1.24 bits per heavy atom. The highest BCUT2D eigenvalue weighted by molar-refractivity contribution is 5.92. The van der Waals surface area contributed by atoms with E-state index in [0.717, 1.165) is 30.8 Å². The van der Waals surface area contributed by atoms with Crippen LogP contribution in [0.5, 0.6) is 0 Å². The maximum Gasteiger partial charge on any atom is 0.267 e. The molecule has 1 aliphatic rings. The van der Waals surface area contributed by atoms with Crippen LogP contribution in [0, 0.1) is 0 Å². The van der Waals surface area contributed by atoms with Gasteiger partial charge in [-0.3, -0.25) is 14.7 Å². The van der Waals surface area contributed by atoms with Gasteiger partial charge in [0.15, 0.2) is 0 Å². The van der Waals surface area contributed by atoms with E-state index in [-0.39, 0.29) is 11.9 Å². The van der Waals surface area contributed by atoms with Crippen LogP contribution in [0.25, 0.3) is 0 Å². The van der Waals surface area contributed by atoms with Crippen molar-refractivity contribution >= 4 is 5.91 Å². The molecule has 1 N–H and O–H groups in total.